The number of benzene rings is 1. The first-order valence-corrected chi connectivity index (χ1v) is 7.54. The van der Waals surface area contributed by atoms with E-state index in [-0.39, 0.29) is 12.0 Å². The molecule has 1 unspecified atom stereocenters. The first-order chi connectivity index (χ1) is 10.6. The van der Waals surface area contributed by atoms with Gasteiger partial charge < -0.3 is 10.4 Å². The van der Waals surface area contributed by atoms with Crippen molar-refractivity contribution in [1.82, 2.24) is 4.90 Å². The summed E-state index contributed by atoms with van der Waals surface area (Å²) >= 11 is 0. The Hall–Kier alpha value is -2.32. The Morgan fingerprint density at radius 2 is 2.14 bits per heavy atom. The summed E-state index contributed by atoms with van der Waals surface area (Å²) in [6.45, 7) is 3.44. The standard InChI is InChI=1S/C17H19N3O2/c1-11-2-3-15-14(8-11)16(13(9-18)10-19-15)20-6-4-12(5-7-20)17(21)22/h2-3,8,10,12,16,19H,4-7H2,1H3,(H,21,22). The van der Waals surface area contributed by atoms with Crippen molar-refractivity contribution in [2.75, 3.05) is 18.4 Å². The largest absolute Gasteiger partial charge is 0.481 e. The molecule has 5 nitrogen and oxygen atoms in total. The highest BCUT2D eigenvalue weighted by molar-refractivity contribution is 5.70. The third-order valence-corrected chi connectivity index (χ3v) is 4.55. The number of hydrogen-bond donors (Lipinski definition) is 2. The van der Waals surface area contributed by atoms with Gasteiger partial charge in [-0.05, 0) is 44.5 Å². The zero-order valence-corrected chi connectivity index (χ0v) is 12.5. The van der Waals surface area contributed by atoms with Crippen LogP contribution in [0, 0.1) is 24.2 Å². The molecule has 0 saturated carbocycles. The highest BCUT2D eigenvalue weighted by atomic mass is 16.4. The second kappa shape index (κ2) is 5.82. The molecule has 2 aliphatic heterocycles. The van der Waals surface area contributed by atoms with Gasteiger partial charge >= 0.3 is 5.97 Å². The van der Waals surface area contributed by atoms with Crippen molar-refractivity contribution in [1.29, 1.82) is 5.26 Å². The smallest absolute Gasteiger partial charge is 0.306 e. The monoisotopic (exact) mass is 297 g/mol. The molecule has 0 spiro atoms. The third-order valence-electron chi connectivity index (χ3n) is 4.55. The van der Waals surface area contributed by atoms with E-state index in [1.165, 1.54) is 0 Å². The van der Waals surface area contributed by atoms with Gasteiger partial charge in [0.2, 0.25) is 0 Å². The van der Waals surface area contributed by atoms with Gasteiger partial charge in [-0.15, -0.1) is 0 Å². The van der Waals surface area contributed by atoms with Gasteiger partial charge in [-0.2, -0.15) is 5.26 Å². The van der Waals surface area contributed by atoms with Crippen molar-refractivity contribution in [2.45, 2.75) is 25.8 Å². The second-order valence-corrected chi connectivity index (χ2v) is 6.00. The lowest BCUT2D eigenvalue weighted by Crippen LogP contribution is -2.40. The maximum atomic E-state index is 11.1. The third kappa shape index (κ3) is 2.58. The molecule has 1 aromatic carbocycles. The number of piperidine rings is 1. The minimum absolute atomic E-state index is 0.0732. The SMILES string of the molecule is Cc1ccc2c(c1)C(N1CCC(C(=O)O)CC1)C(C#N)=CN2. The number of aryl methyl sites for hydroxylation is 1. The molecule has 2 aliphatic rings. The summed E-state index contributed by atoms with van der Waals surface area (Å²) in [5.74, 6) is -0.971. The molecule has 1 fully saturated rings. The van der Waals surface area contributed by atoms with Crippen LogP contribution in [0.15, 0.2) is 30.0 Å². The Labute approximate surface area is 129 Å². The number of carboxylic acids is 1. The van der Waals surface area contributed by atoms with Crippen molar-refractivity contribution >= 4 is 11.7 Å². The van der Waals surface area contributed by atoms with E-state index in [0.29, 0.717) is 31.5 Å². The van der Waals surface area contributed by atoms with E-state index in [4.69, 9.17) is 5.11 Å². The number of nitrogens with zero attached hydrogens (tertiary/aromatic N) is 2. The van der Waals surface area contributed by atoms with E-state index in [1.807, 2.05) is 19.1 Å². The minimum Gasteiger partial charge on any atom is -0.481 e. The Morgan fingerprint density at radius 1 is 1.41 bits per heavy atom. The van der Waals surface area contributed by atoms with E-state index in [9.17, 15) is 10.1 Å². The molecule has 0 bridgehead atoms. The van der Waals surface area contributed by atoms with Gasteiger partial charge in [0, 0.05) is 11.9 Å². The molecular formula is C17H19N3O2. The van der Waals surface area contributed by atoms with Crippen LogP contribution in [-0.4, -0.2) is 29.1 Å². The van der Waals surface area contributed by atoms with Gasteiger partial charge in [0.05, 0.1) is 23.6 Å². The van der Waals surface area contributed by atoms with Crippen molar-refractivity contribution in [3.8, 4) is 6.07 Å². The normalized spacial score (nSPS) is 22.2. The second-order valence-electron chi connectivity index (χ2n) is 6.00. The quantitative estimate of drug-likeness (QED) is 0.877. The van der Waals surface area contributed by atoms with E-state index in [1.54, 1.807) is 6.20 Å². The van der Waals surface area contributed by atoms with E-state index >= 15 is 0 Å². The molecule has 1 atom stereocenters. The molecule has 3 rings (SSSR count). The van der Waals surface area contributed by atoms with Crippen molar-refractivity contribution in [3.63, 3.8) is 0 Å². The Bertz CT molecular complexity index is 667. The average Bonchev–Trinajstić information content (AvgIpc) is 2.53. The summed E-state index contributed by atoms with van der Waals surface area (Å²) in [4.78, 5) is 13.3. The predicted octanol–water partition coefficient (Wildman–Crippen LogP) is 2.67. The van der Waals surface area contributed by atoms with Crippen LogP contribution in [0.2, 0.25) is 0 Å². The lowest BCUT2D eigenvalue weighted by Gasteiger charge is -2.38. The van der Waals surface area contributed by atoms with Gasteiger partial charge in [-0.3, -0.25) is 9.69 Å². The first-order valence-electron chi connectivity index (χ1n) is 7.54. The van der Waals surface area contributed by atoms with Gasteiger partial charge in [0.15, 0.2) is 0 Å². The lowest BCUT2D eigenvalue weighted by molar-refractivity contribution is -0.143. The molecule has 114 valence electrons. The molecule has 2 heterocycles. The molecule has 2 N–H and O–H groups in total. The molecule has 1 aromatic rings. The molecule has 0 radical (unpaired) electrons. The number of carbonyl (C=O) groups is 1. The topological polar surface area (TPSA) is 76.4 Å². The number of anilines is 1. The van der Waals surface area contributed by atoms with Gasteiger partial charge in [0.25, 0.3) is 0 Å². The number of nitrogens with one attached hydrogen (secondary N) is 1. The van der Waals surface area contributed by atoms with Crippen LogP contribution in [-0.2, 0) is 4.79 Å². The molecule has 22 heavy (non-hydrogen) atoms. The summed E-state index contributed by atoms with van der Waals surface area (Å²) in [7, 11) is 0. The number of fused-ring (bicyclic) bond motifs is 1. The maximum Gasteiger partial charge on any atom is 0.306 e. The van der Waals surface area contributed by atoms with Gasteiger partial charge in [0.1, 0.15) is 0 Å². The summed E-state index contributed by atoms with van der Waals surface area (Å²) in [5.41, 5.74) is 3.97. The Kier molecular flexibility index (Phi) is 3.86. The number of rotatable bonds is 2. The van der Waals surface area contributed by atoms with Crippen LogP contribution < -0.4 is 5.32 Å². The van der Waals surface area contributed by atoms with Crippen molar-refractivity contribution < 1.29 is 9.90 Å². The fraction of sp³-hybridized carbons (Fsp3) is 0.412. The van der Waals surface area contributed by atoms with Crippen LogP contribution >= 0.6 is 0 Å². The maximum absolute atomic E-state index is 11.1. The number of nitriles is 1. The lowest BCUT2D eigenvalue weighted by atomic mass is 9.89. The number of likely N-dealkylation sites (tertiary alicyclic amines) is 1. The zero-order chi connectivity index (χ0) is 15.7. The molecule has 5 heteroatoms. The average molecular weight is 297 g/mol. The summed E-state index contributed by atoms with van der Waals surface area (Å²) < 4.78 is 0. The predicted molar refractivity (Wildman–Crippen MR) is 83.2 cm³/mol. The highest BCUT2D eigenvalue weighted by Crippen LogP contribution is 2.39. The van der Waals surface area contributed by atoms with Crippen LogP contribution in [0.1, 0.15) is 30.0 Å². The van der Waals surface area contributed by atoms with Gasteiger partial charge in [-0.1, -0.05) is 17.7 Å². The fourth-order valence-electron chi connectivity index (χ4n) is 3.33. The van der Waals surface area contributed by atoms with Gasteiger partial charge in [-0.25, -0.2) is 0 Å². The number of aliphatic carboxylic acids is 1. The van der Waals surface area contributed by atoms with E-state index < -0.39 is 5.97 Å². The van der Waals surface area contributed by atoms with Crippen LogP contribution in [0.25, 0.3) is 0 Å². The molecule has 1 saturated heterocycles. The first kappa shape index (κ1) is 14.6. The summed E-state index contributed by atoms with van der Waals surface area (Å²) in [5, 5.41) is 21.8. The molecular weight excluding hydrogens is 278 g/mol. The Balaban J connectivity index is 1.89. The Morgan fingerprint density at radius 3 is 2.77 bits per heavy atom. The molecule has 0 aromatic heterocycles. The minimum atomic E-state index is -0.711. The molecule has 0 aliphatic carbocycles. The van der Waals surface area contributed by atoms with Crippen molar-refractivity contribution in [2.24, 2.45) is 5.92 Å². The fourth-order valence-corrected chi connectivity index (χ4v) is 3.33. The van der Waals surface area contributed by atoms with Crippen LogP contribution in [0.5, 0.6) is 0 Å². The zero-order valence-electron chi connectivity index (χ0n) is 12.5. The number of hydrogen-bond acceptors (Lipinski definition) is 4. The number of carboxylic acid groups (broad SMARTS) is 1. The summed E-state index contributed by atoms with van der Waals surface area (Å²) in [6, 6.07) is 8.41. The van der Waals surface area contributed by atoms with Crippen LogP contribution in [0.4, 0.5) is 5.69 Å². The molecule has 0 amide bonds. The van der Waals surface area contributed by atoms with Crippen molar-refractivity contribution in [3.05, 3.63) is 41.1 Å². The van der Waals surface area contributed by atoms with E-state index in [0.717, 1.165) is 16.8 Å². The van der Waals surface area contributed by atoms with E-state index in [2.05, 4.69) is 22.4 Å². The summed E-state index contributed by atoms with van der Waals surface area (Å²) in [6.07, 6.45) is 3.05. The highest BCUT2D eigenvalue weighted by Gasteiger charge is 2.33. The van der Waals surface area contributed by atoms with Crippen LogP contribution in [0.3, 0.4) is 0 Å².